The first-order chi connectivity index (χ1) is 14.6. The number of nitrogens with one attached hydrogen (secondary N) is 1. The lowest BCUT2D eigenvalue weighted by molar-refractivity contribution is 0.101. The normalized spacial score (nSPS) is 10.7. The topological polar surface area (TPSA) is 74.0 Å². The van der Waals surface area contributed by atoms with Crippen LogP contribution in [-0.2, 0) is 13.3 Å². The molecule has 1 amide bonds. The van der Waals surface area contributed by atoms with E-state index in [9.17, 15) is 9.18 Å². The molecule has 0 saturated carbocycles. The van der Waals surface area contributed by atoms with Crippen LogP contribution < -0.4 is 10.1 Å². The third kappa shape index (κ3) is 4.72. The molecule has 0 aliphatic rings. The molecule has 4 rings (SSSR count). The summed E-state index contributed by atoms with van der Waals surface area (Å²) < 4.78 is 21.7. The summed E-state index contributed by atoms with van der Waals surface area (Å²) in [5.41, 5.74) is 2.59. The molecule has 7 nitrogen and oxygen atoms in total. The van der Waals surface area contributed by atoms with Crippen LogP contribution in [0.4, 0.5) is 10.2 Å². The molecule has 8 heteroatoms. The zero-order chi connectivity index (χ0) is 20.9. The van der Waals surface area contributed by atoms with Gasteiger partial charge in [0.2, 0.25) is 0 Å². The van der Waals surface area contributed by atoms with Gasteiger partial charge in [0.15, 0.2) is 18.2 Å². The van der Waals surface area contributed by atoms with E-state index in [-0.39, 0.29) is 24.1 Å². The Kier molecular flexibility index (Phi) is 5.56. The Labute approximate surface area is 172 Å². The molecule has 2 aromatic heterocycles. The number of anilines is 1. The number of carbonyl (C=O) groups excluding carboxylic acids is 1. The summed E-state index contributed by atoms with van der Waals surface area (Å²) in [6.45, 7) is 2.78. The monoisotopic (exact) mass is 405 g/mol. The van der Waals surface area contributed by atoms with E-state index in [1.54, 1.807) is 23.0 Å². The van der Waals surface area contributed by atoms with Crippen molar-refractivity contribution >= 4 is 11.7 Å². The fourth-order valence-corrected chi connectivity index (χ4v) is 2.88. The molecule has 152 valence electrons. The molecule has 0 bridgehead atoms. The lowest BCUT2D eigenvalue weighted by Gasteiger charge is -2.06. The first kappa shape index (κ1) is 19.4. The van der Waals surface area contributed by atoms with Crippen molar-refractivity contribution in [3.8, 4) is 5.75 Å². The fourth-order valence-electron chi connectivity index (χ4n) is 2.88. The number of hydrogen-bond donors (Lipinski definition) is 1. The summed E-state index contributed by atoms with van der Waals surface area (Å²) in [5, 5.41) is 11.3. The van der Waals surface area contributed by atoms with Gasteiger partial charge in [-0.3, -0.25) is 9.48 Å². The minimum absolute atomic E-state index is 0.101. The molecule has 30 heavy (non-hydrogen) atoms. The van der Waals surface area contributed by atoms with E-state index in [4.69, 9.17) is 4.74 Å². The van der Waals surface area contributed by atoms with Crippen LogP contribution in [0.3, 0.4) is 0 Å². The van der Waals surface area contributed by atoms with Crippen molar-refractivity contribution in [2.75, 3.05) is 5.32 Å². The maximum absolute atomic E-state index is 12.9. The molecule has 2 heterocycles. The predicted octanol–water partition coefficient (Wildman–Crippen LogP) is 3.86. The molecule has 0 aliphatic carbocycles. The van der Waals surface area contributed by atoms with E-state index in [0.29, 0.717) is 18.1 Å². The third-order valence-corrected chi connectivity index (χ3v) is 4.53. The number of hydrogen-bond acceptors (Lipinski definition) is 4. The van der Waals surface area contributed by atoms with Gasteiger partial charge in [-0.1, -0.05) is 24.3 Å². The summed E-state index contributed by atoms with van der Waals surface area (Å²) in [4.78, 5) is 12.4. The van der Waals surface area contributed by atoms with Gasteiger partial charge in [0.25, 0.3) is 5.91 Å². The minimum Gasteiger partial charge on any atom is -0.471 e. The van der Waals surface area contributed by atoms with E-state index < -0.39 is 0 Å². The van der Waals surface area contributed by atoms with Crippen LogP contribution in [0, 0.1) is 12.7 Å². The Morgan fingerprint density at radius 3 is 2.57 bits per heavy atom. The molecule has 0 radical (unpaired) electrons. The number of ether oxygens (including phenoxy) is 1. The van der Waals surface area contributed by atoms with Crippen molar-refractivity contribution in [1.29, 1.82) is 0 Å². The highest BCUT2D eigenvalue weighted by Gasteiger charge is 2.12. The van der Waals surface area contributed by atoms with Crippen molar-refractivity contribution in [3.05, 3.63) is 95.7 Å². The number of carbonyl (C=O) groups is 1. The minimum atomic E-state index is -0.364. The maximum atomic E-state index is 12.9. The largest absolute Gasteiger partial charge is 0.471 e. The first-order valence-corrected chi connectivity index (χ1v) is 9.38. The molecule has 0 aliphatic heterocycles. The van der Waals surface area contributed by atoms with Gasteiger partial charge < -0.3 is 10.1 Å². The molecule has 0 saturated heterocycles. The second-order valence-corrected chi connectivity index (χ2v) is 6.75. The summed E-state index contributed by atoms with van der Waals surface area (Å²) >= 11 is 0. The average molecular weight is 405 g/mol. The molecule has 0 fully saturated rings. The van der Waals surface area contributed by atoms with Gasteiger partial charge in [0.05, 0.1) is 6.54 Å². The quantitative estimate of drug-likeness (QED) is 0.507. The van der Waals surface area contributed by atoms with Crippen molar-refractivity contribution in [1.82, 2.24) is 19.6 Å². The Balaban J connectivity index is 1.34. The van der Waals surface area contributed by atoms with Crippen LogP contribution in [0.2, 0.25) is 0 Å². The summed E-state index contributed by atoms with van der Waals surface area (Å²) in [5.74, 6) is 0.265. The number of aromatic nitrogens is 4. The lowest BCUT2D eigenvalue weighted by atomic mass is 10.1. The smallest absolute Gasteiger partial charge is 0.277 e. The fraction of sp³-hybridized carbons (Fsp3) is 0.136. The maximum Gasteiger partial charge on any atom is 0.277 e. The van der Waals surface area contributed by atoms with E-state index in [1.165, 1.54) is 40.1 Å². The highest BCUT2D eigenvalue weighted by molar-refractivity contribution is 6.02. The first-order valence-electron chi connectivity index (χ1n) is 9.38. The second-order valence-electron chi connectivity index (χ2n) is 6.75. The summed E-state index contributed by atoms with van der Waals surface area (Å²) in [6, 6.07) is 17.1. The van der Waals surface area contributed by atoms with Gasteiger partial charge in [0, 0.05) is 18.5 Å². The van der Waals surface area contributed by atoms with Crippen molar-refractivity contribution < 1.29 is 13.9 Å². The second kappa shape index (κ2) is 8.60. The van der Waals surface area contributed by atoms with Crippen molar-refractivity contribution in [3.63, 3.8) is 0 Å². The van der Waals surface area contributed by atoms with Gasteiger partial charge in [-0.15, -0.1) is 0 Å². The van der Waals surface area contributed by atoms with Gasteiger partial charge in [-0.2, -0.15) is 10.2 Å². The average Bonchev–Trinajstić information content (AvgIpc) is 3.39. The molecule has 0 unspecified atom stereocenters. The van der Waals surface area contributed by atoms with E-state index in [1.807, 2.05) is 18.3 Å². The van der Waals surface area contributed by atoms with Crippen molar-refractivity contribution in [2.24, 2.45) is 0 Å². The summed E-state index contributed by atoms with van der Waals surface area (Å²) in [6.07, 6.45) is 3.45. The number of rotatable bonds is 7. The number of halogens is 1. The number of benzene rings is 2. The van der Waals surface area contributed by atoms with Crippen LogP contribution in [0.15, 0.2) is 73.1 Å². The molecule has 0 atom stereocenters. The Morgan fingerprint density at radius 1 is 1.00 bits per heavy atom. The molecular weight excluding hydrogens is 385 g/mol. The number of aryl methyl sites for hydroxylation is 1. The van der Waals surface area contributed by atoms with Crippen LogP contribution in [0.1, 0.15) is 21.6 Å². The van der Waals surface area contributed by atoms with Gasteiger partial charge >= 0.3 is 0 Å². The summed E-state index contributed by atoms with van der Waals surface area (Å²) in [7, 11) is 0. The van der Waals surface area contributed by atoms with Gasteiger partial charge in [-0.05, 0) is 48.4 Å². The molecule has 2 aromatic carbocycles. The lowest BCUT2D eigenvalue weighted by Crippen LogP contribution is -2.15. The Bertz CT molecular complexity index is 1150. The molecule has 0 spiro atoms. The van der Waals surface area contributed by atoms with Gasteiger partial charge in [-0.25, -0.2) is 9.07 Å². The Morgan fingerprint density at radius 2 is 1.77 bits per heavy atom. The molecular formula is C22H20FN5O2. The molecule has 1 N–H and O–H groups in total. The van der Waals surface area contributed by atoms with Crippen LogP contribution in [-0.4, -0.2) is 25.5 Å². The number of amides is 1. The zero-order valence-corrected chi connectivity index (χ0v) is 16.3. The highest BCUT2D eigenvalue weighted by Crippen LogP contribution is 2.13. The zero-order valence-electron chi connectivity index (χ0n) is 16.3. The van der Waals surface area contributed by atoms with E-state index >= 15 is 0 Å². The van der Waals surface area contributed by atoms with E-state index in [2.05, 4.69) is 34.6 Å². The standard InChI is InChI=1S/C22H20FN5O2/c1-16-4-2-3-5-17(16)14-27-13-11-21(26-27)24-22(29)20-10-12-28(25-20)15-30-19-8-6-18(23)7-9-19/h2-13H,14-15H2,1H3,(H,24,26,29). The van der Waals surface area contributed by atoms with Crippen LogP contribution in [0.5, 0.6) is 5.75 Å². The molecule has 4 aromatic rings. The van der Waals surface area contributed by atoms with Crippen LogP contribution in [0.25, 0.3) is 0 Å². The predicted molar refractivity (Wildman–Crippen MR) is 110 cm³/mol. The SMILES string of the molecule is Cc1ccccc1Cn1ccc(NC(=O)c2ccn(COc3ccc(F)cc3)n2)n1. The third-order valence-electron chi connectivity index (χ3n) is 4.53. The number of nitrogens with zero attached hydrogens (tertiary/aromatic N) is 4. The van der Waals surface area contributed by atoms with E-state index in [0.717, 1.165) is 0 Å². The Hall–Kier alpha value is -3.94. The van der Waals surface area contributed by atoms with Gasteiger partial charge in [0.1, 0.15) is 11.6 Å². The highest BCUT2D eigenvalue weighted by atomic mass is 19.1. The van der Waals surface area contributed by atoms with Crippen LogP contribution >= 0.6 is 0 Å². The van der Waals surface area contributed by atoms with Crippen molar-refractivity contribution in [2.45, 2.75) is 20.2 Å².